The topological polar surface area (TPSA) is 95.1 Å². The van der Waals surface area contributed by atoms with Crippen LogP contribution in [0.4, 0.5) is 4.79 Å². The van der Waals surface area contributed by atoms with Crippen molar-refractivity contribution in [2.75, 3.05) is 6.54 Å². The summed E-state index contributed by atoms with van der Waals surface area (Å²) in [6, 6.07) is 3.89. The minimum atomic E-state index is -0.256. The number of aryl methyl sites for hydroxylation is 1. The third kappa shape index (κ3) is 3.94. The molecule has 0 aliphatic heterocycles. The molecule has 0 unspecified atom stereocenters. The predicted octanol–water partition coefficient (Wildman–Crippen LogP) is 1.47. The number of pyridine rings is 1. The van der Waals surface area contributed by atoms with Crippen LogP contribution in [-0.2, 0) is 6.42 Å². The van der Waals surface area contributed by atoms with Crippen molar-refractivity contribution in [2.45, 2.75) is 38.1 Å². The molecule has 1 aliphatic carbocycles. The van der Waals surface area contributed by atoms with Crippen LogP contribution < -0.4 is 11.1 Å². The summed E-state index contributed by atoms with van der Waals surface area (Å²) in [7, 11) is 0. The van der Waals surface area contributed by atoms with Gasteiger partial charge in [-0.1, -0.05) is 6.07 Å². The van der Waals surface area contributed by atoms with E-state index in [1.165, 1.54) is 4.90 Å². The Balaban J connectivity index is 1.79. The maximum atomic E-state index is 12.0. The van der Waals surface area contributed by atoms with Crippen molar-refractivity contribution in [3.8, 4) is 0 Å². The van der Waals surface area contributed by atoms with Gasteiger partial charge in [0.25, 0.3) is 0 Å². The largest absolute Gasteiger partial charge is 0.370 e. The Morgan fingerprint density at radius 1 is 1.55 bits per heavy atom. The molecular formula is C14H21N5O. The summed E-state index contributed by atoms with van der Waals surface area (Å²) in [6.07, 6.45) is 8.31. The number of nitrogens with one attached hydrogen (secondary N) is 2. The van der Waals surface area contributed by atoms with Gasteiger partial charge < -0.3 is 11.1 Å². The summed E-state index contributed by atoms with van der Waals surface area (Å²) in [4.78, 5) is 17.4. The number of nitrogens with zero attached hydrogens (tertiary/aromatic N) is 2. The van der Waals surface area contributed by atoms with Crippen molar-refractivity contribution in [1.29, 1.82) is 5.41 Å². The fraction of sp³-hybridized carbons (Fsp3) is 0.500. The van der Waals surface area contributed by atoms with E-state index in [4.69, 9.17) is 11.1 Å². The fourth-order valence-corrected chi connectivity index (χ4v) is 2.12. The highest BCUT2D eigenvalue weighted by atomic mass is 16.2. The molecule has 4 N–H and O–H groups in total. The van der Waals surface area contributed by atoms with Crippen molar-refractivity contribution in [3.05, 3.63) is 30.1 Å². The number of rotatable bonds is 5. The SMILES string of the molecule is N=C(N)N(CCCc1cccnc1)C(=O)NC1CCC1. The van der Waals surface area contributed by atoms with Gasteiger partial charge in [-0.05, 0) is 43.7 Å². The second kappa shape index (κ2) is 6.88. The molecule has 0 bridgehead atoms. The van der Waals surface area contributed by atoms with Crippen LogP contribution in [-0.4, -0.2) is 34.5 Å². The van der Waals surface area contributed by atoms with Gasteiger partial charge in [0.1, 0.15) is 0 Å². The Kier molecular flexibility index (Phi) is 4.92. The minimum Gasteiger partial charge on any atom is -0.370 e. The second-order valence-corrected chi connectivity index (χ2v) is 5.08. The summed E-state index contributed by atoms with van der Waals surface area (Å²) >= 11 is 0. The van der Waals surface area contributed by atoms with E-state index in [1.807, 2.05) is 18.3 Å². The number of hydrogen-bond acceptors (Lipinski definition) is 3. The molecule has 1 aliphatic rings. The van der Waals surface area contributed by atoms with Crippen molar-refractivity contribution in [3.63, 3.8) is 0 Å². The lowest BCUT2D eigenvalue weighted by Gasteiger charge is -2.30. The van der Waals surface area contributed by atoms with Gasteiger partial charge in [0, 0.05) is 25.0 Å². The Hall–Kier alpha value is -2.11. The number of carbonyl (C=O) groups excluding carboxylic acids is 1. The zero-order valence-electron chi connectivity index (χ0n) is 11.5. The Labute approximate surface area is 118 Å². The number of amides is 2. The lowest BCUT2D eigenvalue weighted by Crippen LogP contribution is -2.51. The van der Waals surface area contributed by atoms with Gasteiger partial charge in [0.05, 0.1) is 0 Å². The third-order valence-electron chi connectivity index (χ3n) is 3.54. The number of carbonyl (C=O) groups is 1. The van der Waals surface area contributed by atoms with Gasteiger partial charge in [-0.2, -0.15) is 0 Å². The molecule has 0 aromatic carbocycles. The van der Waals surface area contributed by atoms with Crippen LogP contribution in [0.25, 0.3) is 0 Å². The molecule has 1 aromatic heterocycles. The molecule has 6 nitrogen and oxygen atoms in total. The molecule has 0 atom stereocenters. The molecule has 2 rings (SSSR count). The minimum absolute atomic E-state index is 0.201. The van der Waals surface area contributed by atoms with Crippen LogP contribution in [0.2, 0.25) is 0 Å². The summed E-state index contributed by atoms with van der Waals surface area (Å²) < 4.78 is 0. The third-order valence-corrected chi connectivity index (χ3v) is 3.54. The van der Waals surface area contributed by atoms with Gasteiger partial charge >= 0.3 is 6.03 Å². The van der Waals surface area contributed by atoms with Crippen molar-refractivity contribution in [1.82, 2.24) is 15.2 Å². The molecule has 0 radical (unpaired) electrons. The standard InChI is InChI=1S/C14H21N5O/c15-13(16)19(14(20)18-12-6-1-7-12)9-3-5-11-4-2-8-17-10-11/h2,4,8,10,12H,1,3,5-7,9H2,(H3,15,16)(H,18,20). The highest BCUT2D eigenvalue weighted by Gasteiger charge is 2.23. The van der Waals surface area contributed by atoms with E-state index in [9.17, 15) is 4.79 Å². The molecule has 1 heterocycles. The average Bonchev–Trinajstić information content (AvgIpc) is 2.39. The van der Waals surface area contributed by atoms with E-state index in [1.54, 1.807) is 6.20 Å². The van der Waals surface area contributed by atoms with Gasteiger partial charge in [-0.3, -0.25) is 15.3 Å². The molecule has 1 fully saturated rings. The number of nitrogens with two attached hydrogens (primary N) is 1. The van der Waals surface area contributed by atoms with Crippen LogP contribution in [0.1, 0.15) is 31.2 Å². The maximum Gasteiger partial charge on any atom is 0.324 e. The predicted molar refractivity (Wildman–Crippen MR) is 77.3 cm³/mol. The summed E-state index contributed by atoms with van der Waals surface area (Å²) in [6.45, 7) is 0.447. The van der Waals surface area contributed by atoms with Gasteiger partial charge in [0.15, 0.2) is 5.96 Å². The van der Waals surface area contributed by atoms with Gasteiger partial charge in [-0.25, -0.2) is 4.79 Å². The molecule has 1 aromatic rings. The molecular weight excluding hydrogens is 254 g/mol. The van der Waals surface area contributed by atoms with Gasteiger partial charge in [0.2, 0.25) is 0 Å². The van der Waals surface area contributed by atoms with E-state index >= 15 is 0 Å². The highest BCUT2D eigenvalue weighted by molar-refractivity contribution is 5.94. The lowest BCUT2D eigenvalue weighted by atomic mass is 9.93. The number of aromatic nitrogens is 1. The fourth-order valence-electron chi connectivity index (χ4n) is 2.12. The van der Waals surface area contributed by atoms with E-state index < -0.39 is 0 Å². The monoisotopic (exact) mass is 275 g/mol. The van der Waals surface area contributed by atoms with Crippen LogP contribution in [0.5, 0.6) is 0 Å². The summed E-state index contributed by atoms with van der Waals surface area (Å²) in [5, 5.41) is 10.4. The summed E-state index contributed by atoms with van der Waals surface area (Å²) in [5.41, 5.74) is 6.61. The van der Waals surface area contributed by atoms with Crippen molar-refractivity contribution in [2.24, 2.45) is 5.73 Å². The number of urea groups is 1. The molecule has 20 heavy (non-hydrogen) atoms. The molecule has 6 heteroatoms. The molecule has 2 amide bonds. The van der Waals surface area contributed by atoms with E-state index in [0.29, 0.717) is 6.54 Å². The molecule has 0 saturated heterocycles. The average molecular weight is 275 g/mol. The van der Waals surface area contributed by atoms with Crippen molar-refractivity contribution >= 4 is 12.0 Å². The Morgan fingerprint density at radius 2 is 2.35 bits per heavy atom. The summed E-state index contributed by atoms with van der Waals surface area (Å²) in [5.74, 6) is -0.201. The quantitative estimate of drug-likeness (QED) is 0.561. The van der Waals surface area contributed by atoms with E-state index in [-0.39, 0.29) is 18.0 Å². The normalized spacial score (nSPS) is 14.4. The Bertz CT molecular complexity index is 458. The first-order valence-corrected chi connectivity index (χ1v) is 6.98. The number of hydrogen-bond donors (Lipinski definition) is 3. The lowest BCUT2D eigenvalue weighted by molar-refractivity contribution is 0.207. The molecule has 108 valence electrons. The second-order valence-electron chi connectivity index (χ2n) is 5.08. The Morgan fingerprint density at radius 3 is 2.90 bits per heavy atom. The van der Waals surface area contributed by atoms with Gasteiger partial charge in [-0.15, -0.1) is 0 Å². The molecule has 1 saturated carbocycles. The van der Waals surface area contributed by atoms with Crippen molar-refractivity contribution < 1.29 is 4.79 Å². The first kappa shape index (κ1) is 14.3. The molecule has 0 spiro atoms. The van der Waals surface area contributed by atoms with Crippen LogP contribution >= 0.6 is 0 Å². The van der Waals surface area contributed by atoms with Crippen LogP contribution in [0, 0.1) is 5.41 Å². The van der Waals surface area contributed by atoms with Crippen LogP contribution in [0.15, 0.2) is 24.5 Å². The smallest absolute Gasteiger partial charge is 0.324 e. The number of guanidine groups is 1. The highest BCUT2D eigenvalue weighted by Crippen LogP contribution is 2.18. The van der Waals surface area contributed by atoms with Crippen LogP contribution in [0.3, 0.4) is 0 Å². The zero-order chi connectivity index (χ0) is 14.4. The van der Waals surface area contributed by atoms with E-state index in [0.717, 1.165) is 37.7 Å². The van der Waals surface area contributed by atoms with E-state index in [2.05, 4.69) is 10.3 Å². The first-order chi connectivity index (χ1) is 9.66. The zero-order valence-corrected chi connectivity index (χ0v) is 11.5. The first-order valence-electron chi connectivity index (χ1n) is 6.98. The maximum absolute atomic E-state index is 12.0.